The van der Waals surface area contributed by atoms with Gasteiger partial charge in [-0.1, -0.05) is 5.21 Å². The number of carbonyl (C=O) groups is 1. The average molecular weight is 304 g/mol. The summed E-state index contributed by atoms with van der Waals surface area (Å²) in [5.41, 5.74) is 1.78. The first-order valence-electron chi connectivity index (χ1n) is 6.04. The molecule has 0 fully saturated rings. The Morgan fingerprint density at radius 2 is 2.30 bits per heavy atom. The van der Waals surface area contributed by atoms with Gasteiger partial charge < -0.3 is 5.32 Å². The smallest absolute Gasteiger partial charge is 0.224 e. The van der Waals surface area contributed by atoms with Crippen LogP contribution in [0.3, 0.4) is 0 Å². The van der Waals surface area contributed by atoms with Crippen LogP contribution in [0.1, 0.15) is 11.3 Å². The fourth-order valence-corrected chi connectivity index (χ4v) is 3.04. The first-order chi connectivity index (χ1) is 9.81. The number of aromatic nitrogens is 3. The van der Waals surface area contributed by atoms with Crippen molar-refractivity contribution >= 4 is 28.6 Å². The lowest BCUT2D eigenvalue weighted by Gasteiger charge is -2.01. The first kappa shape index (κ1) is 13.0. The van der Waals surface area contributed by atoms with E-state index in [0.717, 1.165) is 16.3 Å². The standard InChI is InChI=1S/C13H12N4OS2/c18-12(6-10-3-5-19-9-10)14-7-11-8-17(16-15-11)13-2-1-4-20-13/h1-5,8-9H,6-7H2,(H,14,18). The van der Waals surface area contributed by atoms with Crippen LogP contribution < -0.4 is 5.32 Å². The Kier molecular flexibility index (Phi) is 3.89. The number of nitrogens with one attached hydrogen (secondary N) is 1. The van der Waals surface area contributed by atoms with Gasteiger partial charge in [-0.15, -0.1) is 16.4 Å². The van der Waals surface area contributed by atoms with Crippen LogP contribution in [0.4, 0.5) is 0 Å². The van der Waals surface area contributed by atoms with Gasteiger partial charge in [0.2, 0.25) is 5.91 Å². The van der Waals surface area contributed by atoms with Gasteiger partial charge in [-0.2, -0.15) is 11.3 Å². The first-order valence-corrected chi connectivity index (χ1v) is 7.86. The Hall–Kier alpha value is -1.99. The molecule has 0 saturated carbocycles. The molecule has 3 rings (SSSR count). The highest BCUT2D eigenvalue weighted by Gasteiger charge is 2.07. The minimum absolute atomic E-state index is 0.00549. The number of rotatable bonds is 5. The summed E-state index contributed by atoms with van der Waals surface area (Å²) in [4.78, 5) is 11.8. The van der Waals surface area contributed by atoms with E-state index in [1.54, 1.807) is 27.4 Å². The van der Waals surface area contributed by atoms with Gasteiger partial charge in [0.15, 0.2) is 0 Å². The van der Waals surface area contributed by atoms with E-state index in [0.29, 0.717) is 13.0 Å². The minimum atomic E-state index is -0.00549. The molecule has 0 aromatic carbocycles. The van der Waals surface area contributed by atoms with Crippen molar-refractivity contribution in [3.63, 3.8) is 0 Å². The van der Waals surface area contributed by atoms with E-state index in [2.05, 4.69) is 15.6 Å². The summed E-state index contributed by atoms with van der Waals surface area (Å²) in [7, 11) is 0. The van der Waals surface area contributed by atoms with Gasteiger partial charge in [0.25, 0.3) is 0 Å². The molecule has 0 bridgehead atoms. The number of hydrogen-bond donors (Lipinski definition) is 1. The second kappa shape index (κ2) is 5.98. The SMILES string of the molecule is O=C(Cc1ccsc1)NCc1cn(-c2cccs2)nn1. The highest BCUT2D eigenvalue weighted by atomic mass is 32.1. The number of hydrogen-bond acceptors (Lipinski definition) is 5. The molecule has 5 nitrogen and oxygen atoms in total. The van der Waals surface area contributed by atoms with Crippen molar-refractivity contribution in [3.8, 4) is 5.00 Å². The molecule has 3 aromatic rings. The fourth-order valence-electron chi connectivity index (χ4n) is 1.72. The van der Waals surface area contributed by atoms with Gasteiger partial charge in [0.05, 0.1) is 19.2 Å². The molecular formula is C13H12N4OS2. The molecular weight excluding hydrogens is 292 g/mol. The molecule has 0 unspecified atom stereocenters. The molecule has 0 spiro atoms. The molecule has 0 atom stereocenters. The Bertz CT molecular complexity index is 673. The zero-order valence-corrected chi connectivity index (χ0v) is 12.2. The lowest BCUT2D eigenvalue weighted by atomic mass is 10.2. The molecule has 0 aliphatic rings. The van der Waals surface area contributed by atoms with Crippen LogP contribution in [0, 0.1) is 0 Å². The summed E-state index contributed by atoms with van der Waals surface area (Å²) in [5, 5.41) is 17.9. The maximum absolute atomic E-state index is 11.8. The summed E-state index contributed by atoms with van der Waals surface area (Å²) in [5.74, 6) is -0.00549. The predicted molar refractivity (Wildman–Crippen MR) is 79.1 cm³/mol. The topological polar surface area (TPSA) is 59.8 Å². The largest absolute Gasteiger partial charge is 0.350 e. The third-order valence-corrected chi connectivity index (χ3v) is 4.27. The van der Waals surface area contributed by atoms with E-state index >= 15 is 0 Å². The molecule has 1 amide bonds. The molecule has 3 aromatic heterocycles. The second-order valence-electron chi connectivity index (χ2n) is 4.19. The Balaban J connectivity index is 1.55. The van der Waals surface area contributed by atoms with E-state index in [1.165, 1.54) is 0 Å². The zero-order chi connectivity index (χ0) is 13.8. The summed E-state index contributed by atoms with van der Waals surface area (Å²) in [6.07, 6.45) is 2.24. The van der Waals surface area contributed by atoms with Crippen LogP contribution in [-0.2, 0) is 17.8 Å². The average Bonchev–Trinajstić information content (AvgIpc) is 3.18. The second-order valence-corrected chi connectivity index (χ2v) is 5.90. The monoisotopic (exact) mass is 304 g/mol. The van der Waals surface area contributed by atoms with Crippen molar-refractivity contribution in [3.05, 3.63) is 51.8 Å². The van der Waals surface area contributed by atoms with Crippen molar-refractivity contribution < 1.29 is 4.79 Å². The van der Waals surface area contributed by atoms with Gasteiger partial charge >= 0.3 is 0 Å². The maximum atomic E-state index is 11.8. The van der Waals surface area contributed by atoms with Crippen molar-refractivity contribution in [1.29, 1.82) is 0 Å². The summed E-state index contributed by atoms with van der Waals surface area (Å²) in [6, 6.07) is 5.89. The third-order valence-electron chi connectivity index (χ3n) is 2.68. The number of carbonyl (C=O) groups excluding carboxylic acids is 1. The van der Waals surface area contributed by atoms with Gasteiger partial charge in [-0.05, 0) is 39.9 Å². The van der Waals surface area contributed by atoms with E-state index in [-0.39, 0.29) is 5.91 Å². The van der Waals surface area contributed by atoms with Gasteiger partial charge in [0.1, 0.15) is 10.7 Å². The normalized spacial score (nSPS) is 10.6. The van der Waals surface area contributed by atoms with Crippen LogP contribution in [0.25, 0.3) is 5.00 Å². The van der Waals surface area contributed by atoms with Crippen LogP contribution >= 0.6 is 22.7 Å². The molecule has 0 saturated heterocycles. The van der Waals surface area contributed by atoms with Crippen molar-refractivity contribution in [2.45, 2.75) is 13.0 Å². The molecule has 3 heterocycles. The third kappa shape index (κ3) is 3.12. The van der Waals surface area contributed by atoms with Crippen molar-refractivity contribution in [1.82, 2.24) is 20.3 Å². The van der Waals surface area contributed by atoms with Gasteiger partial charge in [-0.3, -0.25) is 4.79 Å². The Labute approximate surface area is 123 Å². The molecule has 0 radical (unpaired) electrons. The van der Waals surface area contributed by atoms with E-state index in [1.807, 2.05) is 40.5 Å². The van der Waals surface area contributed by atoms with Crippen LogP contribution in [-0.4, -0.2) is 20.9 Å². The zero-order valence-electron chi connectivity index (χ0n) is 10.5. The maximum Gasteiger partial charge on any atom is 0.224 e. The molecule has 0 aliphatic heterocycles. The lowest BCUT2D eigenvalue weighted by Crippen LogP contribution is -2.24. The summed E-state index contributed by atoms with van der Waals surface area (Å²) < 4.78 is 1.71. The highest BCUT2D eigenvalue weighted by Crippen LogP contribution is 2.13. The van der Waals surface area contributed by atoms with E-state index < -0.39 is 0 Å². The number of amides is 1. The molecule has 0 aliphatic carbocycles. The molecule has 20 heavy (non-hydrogen) atoms. The van der Waals surface area contributed by atoms with E-state index in [4.69, 9.17) is 0 Å². The van der Waals surface area contributed by atoms with Crippen LogP contribution in [0.2, 0.25) is 0 Å². The summed E-state index contributed by atoms with van der Waals surface area (Å²) in [6.45, 7) is 0.397. The predicted octanol–water partition coefficient (Wildman–Crippen LogP) is 2.25. The summed E-state index contributed by atoms with van der Waals surface area (Å²) >= 11 is 3.18. The minimum Gasteiger partial charge on any atom is -0.350 e. The van der Waals surface area contributed by atoms with Crippen LogP contribution in [0.15, 0.2) is 40.5 Å². The molecule has 1 N–H and O–H groups in total. The lowest BCUT2D eigenvalue weighted by molar-refractivity contribution is -0.120. The van der Waals surface area contributed by atoms with Crippen LogP contribution in [0.5, 0.6) is 0 Å². The van der Waals surface area contributed by atoms with Crippen molar-refractivity contribution in [2.24, 2.45) is 0 Å². The van der Waals surface area contributed by atoms with Gasteiger partial charge in [-0.25, -0.2) is 4.68 Å². The highest BCUT2D eigenvalue weighted by molar-refractivity contribution is 7.12. The van der Waals surface area contributed by atoms with E-state index in [9.17, 15) is 4.79 Å². The fraction of sp³-hybridized carbons (Fsp3) is 0.154. The Morgan fingerprint density at radius 1 is 1.35 bits per heavy atom. The number of nitrogens with zero attached hydrogens (tertiary/aromatic N) is 3. The Morgan fingerprint density at radius 3 is 3.05 bits per heavy atom. The number of thiophene rings is 2. The van der Waals surface area contributed by atoms with Crippen molar-refractivity contribution in [2.75, 3.05) is 0 Å². The van der Waals surface area contributed by atoms with Gasteiger partial charge in [0, 0.05) is 0 Å². The molecule has 7 heteroatoms. The quantitative estimate of drug-likeness (QED) is 0.786. The molecule has 102 valence electrons.